The highest BCUT2D eigenvalue weighted by atomic mass is 14.9. The minimum Gasteiger partial charge on any atom is -0.380 e. The molecule has 0 saturated carbocycles. The van der Waals surface area contributed by atoms with Crippen LogP contribution in [0.2, 0.25) is 0 Å². The van der Waals surface area contributed by atoms with Gasteiger partial charge in [0.05, 0.1) is 5.69 Å². The highest BCUT2D eigenvalue weighted by molar-refractivity contribution is 5.46. The molecule has 2 nitrogen and oxygen atoms in total. The van der Waals surface area contributed by atoms with E-state index in [-0.39, 0.29) is 0 Å². The summed E-state index contributed by atoms with van der Waals surface area (Å²) in [7, 11) is 0. The Morgan fingerprint density at radius 1 is 1.11 bits per heavy atom. The fourth-order valence-corrected chi connectivity index (χ4v) is 2.70. The van der Waals surface area contributed by atoms with E-state index in [1.54, 1.807) is 6.20 Å². The molecule has 0 saturated heterocycles. The average Bonchev–Trinajstić information content (AvgIpc) is 2.72. The smallest absolute Gasteiger partial charge is 0.0529 e. The molecule has 92 valence electrons. The summed E-state index contributed by atoms with van der Waals surface area (Å²) in [6, 6.07) is 9.24. The van der Waals surface area contributed by atoms with Crippen LogP contribution in [0.5, 0.6) is 0 Å². The number of aromatic nitrogens is 1. The van der Waals surface area contributed by atoms with Crippen LogP contribution in [0.3, 0.4) is 0 Å². The number of hydrogen-bond acceptors (Lipinski definition) is 2. The number of aryl methyl sites for hydroxylation is 2. The Bertz CT molecular complexity index is 530. The molecule has 0 radical (unpaired) electrons. The molecule has 0 spiro atoms. The summed E-state index contributed by atoms with van der Waals surface area (Å²) in [6.07, 6.45) is 5.93. The molecule has 1 N–H and O–H groups in total. The fraction of sp³-hybridized carbons (Fsp3) is 0.312. The standard InChI is InChI=1S/C16H18N2/c1-11-6-13-8-16(9-14(13)7-12(11)2)18-15-4-3-5-17-10-15/h3-7,10,16,18H,8-9H2,1-2H3. The topological polar surface area (TPSA) is 24.9 Å². The van der Waals surface area contributed by atoms with E-state index in [1.807, 2.05) is 12.3 Å². The number of nitrogens with one attached hydrogen (secondary N) is 1. The molecule has 2 heteroatoms. The highest BCUT2D eigenvalue weighted by Crippen LogP contribution is 2.27. The van der Waals surface area contributed by atoms with Crippen LogP contribution in [0.4, 0.5) is 5.69 Å². The SMILES string of the molecule is Cc1cc2c(cc1C)CC(Nc1cccnc1)C2. The Labute approximate surface area is 108 Å². The minimum absolute atomic E-state index is 0.505. The van der Waals surface area contributed by atoms with E-state index in [2.05, 4.69) is 42.3 Å². The Morgan fingerprint density at radius 3 is 2.33 bits per heavy atom. The predicted molar refractivity (Wildman–Crippen MR) is 75.0 cm³/mol. The number of benzene rings is 1. The van der Waals surface area contributed by atoms with Gasteiger partial charge in [0.15, 0.2) is 0 Å². The van der Waals surface area contributed by atoms with Gasteiger partial charge in [0.2, 0.25) is 0 Å². The average molecular weight is 238 g/mol. The van der Waals surface area contributed by atoms with E-state index in [1.165, 1.54) is 22.3 Å². The van der Waals surface area contributed by atoms with Gasteiger partial charge < -0.3 is 5.32 Å². The second kappa shape index (κ2) is 4.45. The molecule has 0 amide bonds. The predicted octanol–water partition coefficient (Wildman–Crippen LogP) is 3.28. The van der Waals surface area contributed by atoms with Crippen LogP contribution in [0.25, 0.3) is 0 Å². The second-order valence-electron chi connectivity index (χ2n) is 5.20. The molecular formula is C16H18N2. The van der Waals surface area contributed by atoms with Crippen molar-refractivity contribution in [3.05, 3.63) is 58.9 Å². The van der Waals surface area contributed by atoms with E-state index >= 15 is 0 Å². The zero-order valence-electron chi connectivity index (χ0n) is 10.9. The lowest BCUT2D eigenvalue weighted by molar-refractivity contribution is 0.773. The Hall–Kier alpha value is -1.83. The number of fused-ring (bicyclic) bond motifs is 1. The lowest BCUT2D eigenvalue weighted by atomic mass is 10.0. The summed E-state index contributed by atoms with van der Waals surface area (Å²) in [5.41, 5.74) is 6.91. The molecule has 1 heterocycles. The molecule has 0 atom stereocenters. The minimum atomic E-state index is 0.505. The van der Waals surface area contributed by atoms with E-state index in [0.29, 0.717) is 6.04 Å². The molecule has 2 aromatic rings. The van der Waals surface area contributed by atoms with E-state index < -0.39 is 0 Å². The third-order valence-corrected chi connectivity index (χ3v) is 3.78. The normalized spacial score (nSPS) is 14.6. The molecule has 1 aromatic heterocycles. The fourth-order valence-electron chi connectivity index (χ4n) is 2.70. The largest absolute Gasteiger partial charge is 0.380 e. The van der Waals surface area contributed by atoms with Gasteiger partial charge in [-0.3, -0.25) is 4.98 Å². The molecule has 1 aromatic carbocycles. The van der Waals surface area contributed by atoms with Gasteiger partial charge in [-0.15, -0.1) is 0 Å². The summed E-state index contributed by atoms with van der Waals surface area (Å²) < 4.78 is 0. The molecule has 1 aliphatic carbocycles. The van der Waals surface area contributed by atoms with Gasteiger partial charge in [-0.2, -0.15) is 0 Å². The lowest BCUT2D eigenvalue weighted by Gasteiger charge is -2.12. The quantitative estimate of drug-likeness (QED) is 0.868. The number of nitrogens with zero attached hydrogens (tertiary/aromatic N) is 1. The van der Waals surface area contributed by atoms with Crippen LogP contribution in [0.15, 0.2) is 36.7 Å². The molecule has 1 aliphatic rings. The van der Waals surface area contributed by atoms with Crippen molar-refractivity contribution in [2.24, 2.45) is 0 Å². The monoisotopic (exact) mass is 238 g/mol. The lowest BCUT2D eigenvalue weighted by Crippen LogP contribution is -2.19. The van der Waals surface area contributed by atoms with Crippen molar-refractivity contribution >= 4 is 5.69 Å². The van der Waals surface area contributed by atoms with Crippen molar-refractivity contribution in [3.8, 4) is 0 Å². The maximum absolute atomic E-state index is 4.14. The third-order valence-electron chi connectivity index (χ3n) is 3.78. The molecule has 0 bridgehead atoms. The van der Waals surface area contributed by atoms with Crippen molar-refractivity contribution in [3.63, 3.8) is 0 Å². The molecular weight excluding hydrogens is 220 g/mol. The molecule has 3 rings (SSSR count). The second-order valence-corrected chi connectivity index (χ2v) is 5.20. The number of hydrogen-bond donors (Lipinski definition) is 1. The van der Waals surface area contributed by atoms with Crippen LogP contribution in [-0.4, -0.2) is 11.0 Å². The van der Waals surface area contributed by atoms with Crippen LogP contribution in [0, 0.1) is 13.8 Å². The Kier molecular flexibility index (Phi) is 2.78. The maximum atomic E-state index is 4.14. The van der Waals surface area contributed by atoms with Crippen LogP contribution in [0.1, 0.15) is 22.3 Å². The number of pyridine rings is 1. The van der Waals surface area contributed by atoms with Crippen molar-refractivity contribution in [1.82, 2.24) is 4.98 Å². The van der Waals surface area contributed by atoms with Gasteiger partial charge in [-0.25, -0.2) is 0 Å². The first-order chi connectivity index (χ1) is 8.72. The maximum Gasteiger partial charge on any atom is 0.0529 e. The van der Waals surface area contributed by atoms with E-state index in [9.17, 15) is 0 Å². The van der Waals surface area contributed by atoms with Gasteiger partial charge in [0.1, 0.15) is 0 Å². The summed E-state index contributed by atoms with van der Waals surface area (Å²) >= 11 is 0. The van der Waals surface area contributed by atoms with Crippen LogP contribution in [-0.2, 0) is 12.8 Å². The van der Waals surface area contributed by atoms with Crippen molar-refractivity contribution in [2.45, 2.75) is 32.7 Å². The summed E-state index contributed by atoms with van der Waals surface area (Å²) in [4.78, 5) is 4.14. The summed E-state index contributed by atoms with van der Waals surface area (Å²) in [6.45, 7) is 4.38. The first-order valence-corrected chi connectivity index (χ1v) is 6.48. The highest BCUT2D eigenvalue weighted by Gasteiger charge is 2.21. The summed E-state index contributed by atoms with van der Waals surface area (Å²) in [5, 5.41) is 3.56. The number of anilines is 1. The van der Waals surface area contributed by atoms with Gasteiger partial charge in [0.25, 0.3) is 0 Å². The number of rotatable bonds is 2. The van der Waals surface area contributed by atoms with E-state index in [0.717, 1.165) is 18.5 Å². The van der Waals surface area contributed by atoms with Crippen molar-refractivity contribution in [2.75, 3.05) is 5.32 Å². The third kappa shape index (κ3) is 2.10. The van der Waals surface area contributed by atoms with Gasteiger partial charge in [-0.1, -0.05) is 12.1 Å². The van der Waals surface area contributed by atoms with Crippen LogP contribution < -0.4 is 5.32 Å². The van der Waals surface area contributed by atoms with Crippen molar-refractivity contribution < 1.29 is 0 Å². The zero-order chi connectivity index (χ0) is 12.5. The summed E-state index contributed by atoms with van der Waals surface area (Å²) in [5.74, 6) is 0. The van der Waals surface area contributed by atoms with Gasteiger partial charge >= 0.3 is 0 Å². The van der Waals surface area contributed by atoms with Crippen molar-refractivity contribution in [1.29, 1.82) is 0 Å². The first-order valence-electron chi connectivity index (χ1n) is 6.48. The Morgan fingerprint density at radius 2 is 1.78 bits per heavy atom. The molecule has 0 fully saturated rings. The molecule has 18 heavy (non-hydrogen) atoms. The van der Waals surface area contributed by atoms with E-state index in [4.69, 9.17) is 0 Å². The van der Waals surface area contributed by atoms with Gasteiger partial charge in [0, 0.05) is 18.4 Å². The molecule has 0 unspecified atom stereocenters. The Balaban J connectivity index is 1.77. The molecule has 0 aliphatic heterocycles. The van der Waals surface area contributed by atoms with Crippen LogP contribution >= 0.6 is 0 Å². The zero-order valence-corrected chi connectivity index (χ0v) is 10.9. The first kappa shape index (κ1) is 11.3. The van der Waals surface area contributed by atoms with Gasteiger partial charge in [-0.05, 0) is 61.1 Å².